The molecule has 6 nitrogen and oxygen atoms in total. The molecule has 0 aliphatic rings. The van der Waals surface area contributed by atoms with Crippen LogP contribution in [0.3, 0.4) is 0 Å². The maximum Gasteiger partial charge on any atom is 0.328 e. The SMILES string of the molecule is O=c1cc[nH]c(=O)n1CCn1cccn1. The summed E-state index contributed by atoms with van der Waals surface area (Å²) in [5.74, 6) is 0. The highest BCUT2D eigenvalue weighted by Gasteiger charge is 1.99. The van der Waals surface area contributed by atoms with Crippen LogP contribution in [0.15, 0.2) is 40.3 Å². The fourth-order valence-corrected chi connectivity index (χ4v) is 1.30. The number of nitrogens with zero attached hydrogens (tertiary/aromatic N) is 3. The number of aromatic amines is 1. The van der Waals surface area contributed by atoms with Crippen molar-refractivity contribution in [1.29, 1.82) is 0 Å². The van der Waals surface area contributed by atoms with Crippen LogP contribution in [0, 0.1) is 0 Å². The Hall–Kier alpha value is -2.11. The molecule has 0 aliphatic heterocycles. The largest absolute Gasteiger partial charge is 0.328 e. The van der Waals surface area contributed by atoms with Crippen LogP contribution >= 0.6 is 0 Å². The van der Waals surface area contributed by atoms with E-state index in [1.165, 1.54) is 12.3 Å². The Morgan fingerprint density at radius 1 is 1.33 bits per heavy atom. The Labute approximate surface area is 84.8 Å². The zero-order chi connectivity index (χ0) is 10.7. The predicted molar refractivity (Wildman–Crippen MR) is 53.5 cm³/mol. The molecule has 6 heteroatoms. The molecule has 1 N–H and O–H groups in total. The van der Waals surface area contributed by atoms with E-state index in [1.54, 1.807) is 23.1 Å². The van der Waals surface area contributed by atoms with Crippen LogP contribution in [0.1, 0.15) is 0 Å². The lowest BCUT2D eigenvalue weighted by Crippen LogP contribution is -2.35. The number of aromatic nitrogens is 4. The van der Waals surface area contributed by atoms with Gasteiger partial charge in [0, 0.05) is 24.7 Å². The Morgan fingerprint density at radius 3 is 2.87 bits per heavy atom. The minimum atomic E-state index is -0.394. The van der Waals surface area contributed by atoms with Gasteiger partial charge in [-0.2, -0.15) is 5.10 Å². The van der Waals surface area contributed by atoms with E-state index in [-0.39, 0.29) is 5.56 Å². The van der Waals surface area contributed by atoms with Crippen molar-refractivity contribution in [2.45, 2.75) is 13.1 Å². The Bertz CT molecular complexity index is 509. The molecule has 0 spiro atoms. The van der Waals surface area contributed by atoms with Gasteiger partial charge < -0.3 is 4.98 Å². The quantitative estimate of drug-likeness (QED) is 0.731. The fourth-order valence-electron chi connectivity index (χ4n) is 1.30. The average molecular weight is 206 g/mol. The molecule has 0 atom stereocenters. The highest BCUT2D eigenvalue weighted by atomic mass is 16.2. The second-order valence-electron chi connectivity index (χ2n) is 3.04. The van der Waals surface area contributed by atoms with Crippen LogP contribution in [0.5, 0.6) is 0 Å². The van der Waals surface area contributed by atoms with Gasteiger partial charge in [-0.1, -0.05) is 0 Å². The molecule has 15 heavy (non-hydrogen) atoms. The van der Waals surface area contributed by atoms with Crippen molar-refractivity contribution >= 4 is 0 Å². The molecule has 2 aromatic heterocycles. The van der Waals surface area contributed by atoms with Crippen molar-refractivity contribution in [2.24, 2.45) is 0 Å². The molecule has 0 aromatic carbocycles. The summed E-state index contributed by atoms with van der Waals surface area (Å²) in [5.41, 5.74) is -0.694. The third-order valence-electron chi connectivity index (χ3n) is 2.06. The maximum atomic E-state index is 11.3. The van der Waals surface area contributed by atoms with E-state index < -0.39 is 5.69 Å². The smallest absolute Gasteiger partial charge is 0.314 e. The number of H-pyrrole nitrogens is 1. The molecule has 0 saturated carbocycles. The van der Waals surface area contributed by atoms with Crippen LogP contribution in [0.4, 0.5) is 0 Å². The molecule has 0 fully saturated rings. The predicted octanol–water partition coefficient (Wildman–Crippen LogP) is -0.567. The molecule has 2 aromatic rings. The minimum Gasteiger partial charge on any atom is -0.314 e. The lowest BCUT2D eigenvalue weighted by molar-refractivity contribution is 0.508. The number of rotatable bonds is 3. The van der Waals surface area contributed by atoms with Gasteiger partial charge in [-0.15, -0.1) is 0 Å². The zero-order valence-corrected chi connectivity index (χ0v) is 7.96. The average Bonchev–Trinajstić information content (AvgIpc) is 2.70. The summed E-state index contributed by atoms with van der Waals surface area (Å²) in [6.07, 6.45) is 4.77. The van der Waals surface area contributed by atoms with E-state index in [9.17, 15) is 9.59 Å². The van der Waals surface area contributed by atoms with Crippen LogP contribution in [-0.2, 0) is 13.1 Å². The van der Waals surface area contributed by atoms with Crippen LogP contribution in [0.2, 0.25) is 0 Å². The van der Waals surface area contributed by atoms with E-state index in [0.29, 0.717) is 13.1 Å². The zero-order valence-electron chi connectivity index (χ0n) is 7.96. The summed E-state index contributed by atoms with van der Waals surface area (Å²) in [6, 6.07) is 3.11. The van der Waals surface area contributed by atoms with Crippen molar-refractivity contribution < 1.29 is 0 Å². The van der Waals surface area contributed by atoms with Crippen molar-refractivity contribution in [3.63, 3.8) is 0 Å². The van der Waals surface area contributed by atoms with Gasteiger partial charge >= 0.3 is 5.69 Å². The highest BCUT2D eigenvalue weighted by Crippen LogP contribution is 1.85. The van der Waals surface area contributed by atoms with Gasteiger partial charge in [-0.05, 0) is 6.07 Å². The second kappa shape index (κ2) is 3.95. The highest BCUT2D eigenvalue weighted by molar-refractivity contribution is 4.83. The molecular formula is C9H10N4O2. The van der Waals surface area contributed by atoms with E-state index >= 15 is 0 Å². The Balaban J connectivity index is 2.18. The fraction of sp³-hybridized carbons (Fsp3) is 0.222. The van der Waals surface area contributed by atoms with E-state index in [4.69, 9.17) is 0 Å². The third-order valence-corrected chi connectivity index (χ3v) is 2.06. The van der Waals surface area contributed by atoms with E-state index in [2.05, 4.69) is 10.1 Å². The van der Waals surface area contributed by atoms with Crippen molar-refractivity contribution in [3.05, 3.63) is 51.6 Å². The van der Waals surface area contributed by atoms with Crippen LogP contribution in [-0.4, -0.2) is 19.3 Å². The molecule has 0 bridgehead atoms. The lowest BCUT2D eigenvalue weighted by Gasteiger charge is -2.03. The first-order valence-corrected chi connectivity index (χ1v) is 4.53. The van der Waals surface area contributed by atoms with Gasteiger partial charge in [-0.25, -0.2) is 4.79 Å². The van der Waals surface area contributed by atoms with Crippen molar-refractivity contribution in [1.82, 2.24) is 19.3 Å². The van der Waals surface area contributed by atoms with Crippen LogP contribution in [0.25, 0.3) is 0 Å². The number of hydrogen-bond donors (Lipinski definition) is 1. The topological polar surface area (TPSA) is 72.7 Å². The summed E-state index contributed by atoms with van der Waals surface area (Å²) in [4.78, 5) is 25.0. The van der Waals surface area contributed by atoms with Gasteiger partial charge in [0.15, 0.2) is 0 Å². The van der Waals surface area contributed by atoms with Crippen molar-refractivity contribution in [2.75, 3.05) is 0 Å². The Kier molecular flexibility index (Phi) is 2.49. The van der Waals surface area contributed by atoms with Gasteiger partial charge in [0.1, 0.15) is 0 Å². The van der Waals surface area contributed by atoms with E-state index in [1.807, 2.05) is 0 Å². The van der Waals surface area contributed by atoms with E-state index in [0.717, 1.165) is 4.57 Å². The third kappa shape index (κ3) is 2.04. The molecule has 0 aliphatic carbocycles. The summed E-state index contributed by atoms with van der Waals surface area (Å²) >= 11 is 0. The molecule has 0 amide bonds. The Morgan fingerprint density at radius 2 is 2.20 bits per heavy atom. The molecule has 0 radical (unpaired) electrons. The summed E-state index contributed by atoms with van der Waals surface area (Å²) < 4.78 is 2.81. The second-order valence-corrected chi connectivity index (χ2v) is 3.04. The molecular weight excluding hydrogens is 196 g/mol. The molecule has 78 valence electrons. The van der Waals surface area contributed by atoms with Gasteiger partial charge in [-0.3, -0.25) is 14.0 Å². The van der Waals surface area contributed by atoms with Gasteiger partial charge in [0.2, 0.25) is 0 Å². The van der Waals surface area contributed by atoms with Crippen molar-refractivity contribution in [3.8, 4) is 0 Å². The lowest BCUT2D eigenvalue weighted by atomic mass is 10.5. The maximum absolute atomic E-state index is 11.3. The molecule has 2 rings (SSSR count). The summed E-state index contributed by atoms with van der Waals surface area (Å²) in [6.45, 7) is 0.816. The molecule has 2 heterocycles. The first kappa shape index (κ1) is 9.45. The van der Waals surface area contributed by atoms with Gasteiger partial charge in [0.25, 0.3) is 5.56 Å². The number of aryl methyl sites for hydroxylation is 1. The normalized spacial score (nSPS) is 10.4. The first-order valence-electron chi connectivity index (χ1n) is 4.53. The standard InChI is InChI=1S/C9H10N4O2/c14-8-2-4-10-9(15)13(8)7-6-12-5-1-3-11-12/h1-5H,6-7H2,(H,10,15). The monoisotopic (exact) mass is 206 g/mol. The summed E-state index contributed by atoms with van der Waals surface area (Å²) in [7, 11) is 0. The summed E-state index contributed by atoms with van der Waals surface area (Å²) in [5, 5.41) is 3.98. The van der Waals surface area contributed by atoms with Crippen LogP contribution < -0.4 is 11.2 Å². The number of hydrogen-bond acceptors (Lipinski definition) is 3. The molecule has 0 unspecified atom stereocenters. The van der Waals surface area contributed by atoms with Gasteiger partial charge in [0.05, 0.1) is 13.1 Å². The molecule has 0 saturated heterocycles. The first-order chi connectivity index (χ1) is 7.27. The number of nitrogens with one attached hydrogen (secondary N) is 1. The minimum absolute atomic E-state index is 0.300.